The molecule has 0 bridgehead atoms. The quantitative estimate of drug-likeness (QED) is 0.664. The van der Waals surface area contributed by atoms with Crippen LogP contribution in [-0.2, 0) is 4.74 Å². The van der Waals surface area contributed by atoms with Crippen molar-refractivity contribution in [3.05, 3.63) is 0 Å². The molecular weight excluding hydrogens is 208 g/mol. The molecule has 0 radical (unpaired) electrons. The van der Waals surface area contributed by atoms with Crippen LogP contribution >= 0.6 is 11.6 Å². The number of alkyl halides is 1. The van der Waals surface area contributed by atoms with E-state index in [-0.39, 0.29) is 0 Å². The Balaban J connectivity index is 1.79. The third kappa shape index (κ3) is 3.10. The van der Waals surface area contributed by atoms with Crippen LogP contribution in [0.25, 0.3) is 0 Å². The lowest BCUT2D eigenvalue weighted by molar-refractivity contribution is 0.0371. The Hall–Kier alpha value is 0.250. The smallest absolute Gasteiger partial charge is 0.0582 e. The zero-order valence-corrected chi connectivity index (χ0v) is 10.5. The van der Waals surface area contributed by atoms with E-state index in [1.165, 1.54) is 44.9 Å². The Morgan fingerprint density at radius 1 is 1.20 bits per heavy atom. The molecule has 2 heteroatoms. The predicted molar refractivity (Wildman–Crippen MR) is 64.4 cm³/mol. The summed E-state index contributed by atoms with van der Waals surface area (Å²) >= 11 is 6.11. The molecule has 0 amide bonds. The Labute approximate surface area is 98.5 Å². The number of rotatable bonds is 4. The average Bonchev–Trinajstić information content (AvgIpc) is 2.85. The summed E-state index contributed by atoms with van der Waals surface area (Å²) in [4.78, 5) is 0. The second kappa shape index (κ2) is 5.54. The van der Waals surface area contributed by atoms with E-state index in [2.05, 4.69) is 6.92 Å². The SMILES string of the molecule is CC1CCC(CC(CCl)C2CCCC2)O1. The fourth-order valence-corrected chi connectivity index (χ4v) is 3.58. The van der Waals surface area contributed by atoms with Crippen LogP contribution in [-0.4, -0.2) is 18.1 Å². The highest BCUT2D eigenvalue weighted by atomic mass is 35.5. The van der Waals surface area contributed by atoms with Gasteiger partial charge in [0.05, 0.1) is 12.2 Å². The van der Waals surface area contributed by atoms with Crippen LogP contribution in [0, 0.1) is 11.8 Å². The topological polar surface area (TPSA) is 9.23 Å². The Bertz CT molecular complexity index is 189. The van der Waals surface area contributed by atoms with Crippen LogP contribution in [0.15, 0.2) is 0 Å². The van der Waals surface area contributed by atoms with Crippen LogP contribution in [0.4, 0.5) is 0 Å². The molecule has 0 aromatic carbocycles. The van der Waals surface area contributed by atoms with Crippen molar-refractivity contribution in [2.24, 2.45) is 11.8 Å². The molecule has 0 aromatic heterocycles. The van der Waals surface area contributed by atoms with E-state index in [1.54, 1.807) is 0 Å². The Kier molecular flexibility index (Phi) is 4.33. The molecule has 1 aliphatic heterocycles. The molecule has 0 aromatic rings. The van der Waals surface area contributed by atoms with Gasteiger partial charge in [-0.1, -0.05) is 25.7 Å². The summed E-state index contributed by atoms with van der Waals surface area (Å²) in [6.07, 6.45) is 10.3. The first kappa shape index (κ1) is 11.7. The molecule has 1 saturated heterocycles. The number of ether oxygens (including phenoxy) is 1. The van der Waals surface area contributed by atoms with Gasteiger partial charge in [0.2, 0.25) is 0 Å². The highest BCUT2D eigenvalue weighted by molar-refractivity contribution is 6.18. The maximum atomic E-state index is 6.11. The Morgan fingerprint density at radius 3 is 2.47 bits per heavy atom. The molecule has 1 nitrogen and oxygen atoms in total. The van der Waals surface area contributed by atoms with Gasteiger partial charge in [-0.15, -0.1) is 11.6 Å². The van der Waals surface area contributed by atoms with Gasteiger partial charge in [-0.2, -0.15) is 0 Å². The third-order valence-corrected chi connectivity index (χ3v) is 4.55. The molecule has 88 valence electrons. The first-order chi connectivity index (χ1) is 7.29. The zero-order valence-electron chi connectivity index (χ0n) is 9.75. The van der Waals surface area contributed by atoms with Gasteiger partial charge in [-0.3, -0.25) is 0 Å². The number of halogens is 1. The summed E-state index contributed by atoms with van der Waals surface area (Å²) in [6.45, 7) is 2.19. The molecular formula is C13H23ClO. The van der Waals surface area contributed by atoms with Crippen molar-refractivity contribution in [3.63, 3.8) is 0 Å². The van der Waals surface area contributed by atoms with E-state index in [0.717, 1.165) is 11.8 Å². The molecule has 0 N–H and O–H groups in total. The highest BCUT2D eigenvalue weighted by Gasteiger charge is 2.30. The number of hydrogen-bond donors (Lipinski definition) is 0. The van der Waals surface area contributed by atoms with Gasteiger partial charge in [-0.05, 0) is 38.0 Å². The van der Waals surface area contributed by atoms with Crippen molar-refractivity contribution in [1.82, 2.24) is 0 Å². The summed E-state index contributed by atoms with van der Waals surface area (Å²) in [5.41, 5.74) is 0. The summed E-state index contributed by atoms with van der Waals surface area (Å²) < 4.78 is 5.89. The van der Waals surface area contributed by atoms with E-state index in [4.69, 9.17) is 16.3 Å². The summed E-state index contributed by atoms with van der Waals surface area (Å²) in [5, 5.41) is 0. The van der Waals surface area contributed by atoms with Crippen LogP contribution in [0.2, 0.25) is 0 Å². The second-order valence-electron chi connectivity index (χ2n) is 5.34. The monoisotopic (exact) mass is 230 g/mol. The lowest BCUT2D eigenvalue weighted by atomic mass is 9.87. The van der Waals surface area contributed by atoms with Gasteiger partial charge in [-0.25, -0.2) is 0 Å². The first-order valence-corrected chi connectivity index (χ1v) is 7.04. The van der Waals surface area contributed by atoms with Crippen molar-refractivity contribution in [2.45, 2.75) is 64.1 Å². The number of hydrogen-bond acceptors (Lipinski definition) is 1. The normalized spacial score (nSPS) is 34.8. The van der Waals surface area contributed by atoms with Crippen molar-refractivity contribution >= 4 is 11.6 Å². The van der Waals surface area contributed by atoms with Crippen molar-refractivity contribution < 1.29 is 4.74 Å². The molecule has 3 atom stereocenters. The largest absolute Gasteiger partial charge is 0.375 e. The van der Waals surface area contributed by atoms with Crippen LogP contribution in [0.3, 0.4) is 0 Å². The second-order valence-corrected chi connectivity index (χ2v) is 5.65. The Morgan fingerprint density at radius 2 is 1.93 bits per heavy atom. The van der Waals surface area contributed by atoms with Gasteiger partial charge >= 0.3 is 0 Å². The van der Waals surface area contributed by atoms with Crippen LogP contribution in [0.1, 0.15) is 51.9 Å². The maximum absolute atomic E-state index is 6.11. The summed E-state index contributed by atoms with van der Waals surface area (Å²) in [6, 6.07) is 0. The van der Waals surface area contributed by atoms with Gasteiger partial charge in [0, 0.05) is 5.88 Å². The van der Waals surface area contributed by atoms with Gasteiger partial charge < -0.3 is 4.74 Å². The molecule has 0 spiro atoms. The highest BCUT2D eigenvalue weighted by Crippen LogP contribution is 2.36. The molecule has 1 saturated carbocycles. The van der Waals surface area contributed by atoms with E-state index in [1.807, 2.05) is 0 Å². The maximum Gasteiger partial charge on any atom is 0.0582 e. The van der Waals surface area contributed by atoms with Crippen molar-refractivity contribution in [3.8, 4) is 0 Å². The molecule has 3 unspecified atom stereocenters. The first-order valence-electron chi connectivity index (χ1n) is 6.51. The molecule has 15 heavy (non-hydrogen) atoms. The van der Waals surface area contributed by atoms with E-state index in [0.29, 0.717) is 18.1 Å². The van der Waals surface area contributed by atoms with E-state index < -0.39 is 0 Å². The summed E-state index contributed by atoms with van der Waals surface area (Å²) in [5.74, 6) is 2.44. The average molecular weight is 231 g/mol. The third-order valence-electron chi connectivity index (χ3n) is 4.15. The molecule has 1 heterocycles. The predicted octanol–water partition coefficient (Wildman–Crippen LogP) is 3.99. The fraction of sp³-hybridized carbons (Fsp3) is 1.00. The lowest BCUT2D eigenvalue weighted by Crippen LogP contribution is -2.21. The molecule has 2 rings (SSSR count). The van der Waals surface area contributed by atoms with Gasteiger partial charge in [0.1, 0.15) is 0 Å². The lowest BCUT2D eigenvalue weighted by Gasteiger charge is -2.24. The van der Waals surface area contributed by atoms with Gasteiger partial charge in [0.15, 0.2) is 0 Å². The van der Waals surface area contributed by atoms with Crippen LogP contribution in [0.5, 0.6) is 0 Å². The minimum absolute atomic E-state index is 0.481. The minimum Gasteiger partial charge on any atom is -0.375 e. The standard InChI is InChI=1S/C13H23ClO/c1-10-6-7-13(15-10)8-12(9-14)11-4-2-3-5-11/h10-13H,2-9H2,1H3. The van der Waals surface area contributed by atoms with Crippen molar-refractivity contribution in [1.29, 1.82) is 0 Å². The van der Waals surface area contributed by atoms with Crippen LogP contribution < -0.4 is 0 Å². The summed E-state index contributed by atoms with van der Waals surface area (Å²) in [7, 11) is 0. The molecule has 2 fully saturated rings. The van der Waals surface area contributed by atoms with E-state index in [9.17, 15) is 0 Å². The van der Waals surface area contributed by atoms with Crippen molar-refractivity contribution in [2.75, 3.05) is 5.88 Å². The zero-order chi connectivity index (χ0) is 10.7. The molecule has 2 aliphatic rings. The molecule has 1 aliphatic carbocycles. The minimum atomic E-state index is 0.481. The fourth-order valence-electron chi connectivity index (χ4n) is 3.21. The van der Waals surface area contributed by atoms with E-state index >= 15 is 0 Å². The van der Waals surface area contributed by atoms with Gasteiger partial charge in [0.25, 0.3) is 0 Å².